The van der Waals surface area contributed by atoms with Crippen LogP contribution in [0.4, 0.5) is 5.69 Å². The number of aryl methyl sites for hydroxylation is 1. The fourth-order valence-corrected chi connectivity index (χ4v) is 3.25. The summed E-state index contributed by atoms with van der Waals surface area (Å²) in [5, 5.41) is 12.5. The Labute approximate surface area is 164 Å². The molecule has 144 valence electrons. The molecule has 0 heterocycles. The van der Waals surface area contributed by atoms with E-state index in [1.807, 2.05) is 73.7 Å². The van der Waals surface area contributed by atoms with Gasteiger partial charge in [0.05, 0.1) is 13.0 Å². The van der Waals surface area contributed by atoms with E-state index >= 15 is 0 Å². The van der Waals surface area contributed by atoms with E-state index in [0.717, 1.165) is 33.7 Å². The van der Waals surface area contributed by atoms with Crippen LogP contribution in [0, 0.1) is 6.92 Å². The molecule has 0 aliphatic rings. The van der Waals surface area contributed by atoms with Crippen molar-refractivity contribution in [2.75, 3.05) is 12.4 Å². The second-order valence-electron chi connectivity index (χ2n) is 6.60. The predicted octanol–water partition coefficient (Wildman–Crippen LogP) is 4.25. The average molecular weight is 376 g/mol. The summed E-state index contributed by atoms with van der Waals surface area (Å²) < 4.78 is 5.29. The van der Waals surface area contributed by atoms with E-state index in [0.29, 0.717) is 6.54 Å². The topological polar surface area (TPSA) is 70.6 Å². The lowest BCUT2D eigenvalue weighted by Gasteiger charge is -2.16. The van der Waals surface area contributed by atoms with Gasteiger partial charge in [-0.2, -0.15) is 0 Å². The van der Waals surface area contributed by atoms with Gasteiger partial charge < -0.3 is 10.1 Å². The Morgan fingerprint density at radius 1 is 1.00 bits per heavy atom. The minimum absolute atomic E-state index is 0.458. The number of carbonyl (C=O) groups is 1. The molecule has 5 heteroatoms. The van der Waals surface area contributed by atoms with Gasteiger partial charge in [0.1, 0.15) is 5.75 Å². The van der Waals surface area contributed by atoms with E-state index in [1.54, 1.807) is 12.6 Å². The van der Waals surface area contributed by atoms with Crippen LogP contribution in [0.3, 0.4) is 0 Å². The summed E-state index contributed by atoms with van der Waals surface area (Å²) >= 11 is 0. The van der Waals surface area contributed by atoms with E-state index in [4.69, 9.17) is 9.94 Å². The molecule has 28 heavy (non-hydrogen) atoms. The number of anilines is 1. The van der Waals surface area contributed by atoms with Crippen molar-refractivity contribution in [1.29, 1.82) is 0 Å². The van der Waals surface area contributed by atoms with Gasteiger partial charge in [-0.05, 0) is 47.4 Å². The van der Waals surface area contributed by atoms with Gasteiger partial charge in [0.2, 0.25) is 0 Å². The highest BCUT2D eigenvalue weighted by molar-refractivity contribution is 5.86. The number of nitrogens with one attached hydrogen (secondary N) is 2. The standard InChI is InChI=1S/C23H24N2O3/c1-16-14-17(8-13-21(16)28-2)15-24-20-11-9-19(10-12-20)22(23(26)25-27)18-6-4-3-5-7-18/h3-14,22,24,27H,15H2,1-2H3,(H,25,26). The molecule has 0 aliphatic heterocycles. The lowest BCUT2D eigenvalue weighted by atomic mass is 9.90. The molecule has 3 aromatic carbocycles. The maximum atomic E-state index is 12.2. The first-order valence-corrected chi connectivity index (χ1v) is 9.08. The monoisotopic (exact) mass is 376 g/mol. The lowest BCUT2D eigenvalue weighted by molar-refractivity contribution is -0.129. The molecule has 0 fully saturated rings. The van der Waals surface area contributed by atoms with Crippen molar-refractivity contribution >= 4 is 11.6 Å². The number of rotatable bonds is 7. The molecule has 1 amide bonds. The molecule has 0 spiro atoms. The van der Waals surface area contributed by atoms with E-state index in [9.17, 15) is 4.79 Å². The van der Waals surface area contributed by atoms with Crippen molar-refractivity contribution in [1.82, 2.24) is 5.48 Å². The van der Waals surface area contributed by atoms with Crippen molar-refractivity contribution in [3.63, 3.8) is 0 Å². The fourth-order valence-electron chi connectivity index (χ4n) is 3.25. The van der Waals surface area contributed by atoms with Crippen LogP contribution in [-0.2, 0) is 11.3 Å². The largest absolute Gasteiger partial charge is 0.496 e. The third-order valence-corrected chi connectivity index (χ3v) is 4.71. The Morgan fingerprint density at radius 2 is 1.68 bits per heavy atom. The maximum absolute atomic E-state index is 12.2. The Hall–Kier alpha value is -3.31. The Bertz CT molecular complexity index is 924. The molecular weight excluding hydrogens is 352 g/mol. The molecule has 0 aromatic heterocycles. The summed E-state index contributed by atoms with van der Waals surface area (Å²) in [5.74, 6) is -0.146. The van der Waals surface area contributed by atoms with E-state index in [2.05, 4.69) is 11.4 Å². The number of ether oxygens (including phenoxy) is 1. The third-order valence-electron chi connectivity index (χ3n) is 4.71. The first-order valence-electron chi connectivity index (χ1n) is 9.08. The smallest absolute Gasteiger partial charge is 0.255 e. The molecule has 0 bridgehead atoms. The molecule has 0 saturated heterocycles. The molecule has 3 N–H and O–H groups in total. The van der Waals surface area contributed by atoms with Crippen LogP contribution in [0.5, 0.6) is 5.75 Å². The first-order chi connectivity index (χ1) is 13.6. The van der Waals surface area contributed by atoms with Crippen molar-refractivity contribution in [2.45, 2.75) is 19.4 Å². The molecule has 1 unspecified atom stereocenters. The van der Waals surface area contributed by atoms with Crippen molar-refractivity contribution in [2.24, 2.45) is 0 Å². The SMILES string of the molecule is COc1ccc(CNc2ccc(C(C(=O)NO)c3ccccc3)cc2)cc1C. The number of carbonyl (C=O) groups excluding carboxylic acids is 1. The molecule has 3 rings (SSSR count). The molecule has 0 saturated carbocycles. The van der Waals surface area contributed by atoms with Gasteiger partial charge in [0.25, 0.3) is 5.91 Å². The first kappa shape index (κ1) is 19.5. The van der Waals surface area contributed by atoms with E-state index in [1.165, 1.54) is 0 Å². The zero-order valence-corrected chi connectivity index (χ0v) is 16.0. The molecule has 3 aromatic rings. The summed E-state index contributed by atoms with van der Waals surface area (Å²) in [6.45, 7) is 2.70. The van der Waals surface area contributed by atoms with Crippen LogP contribution in [-0.4, -0.2) is 18.2 Å². The van der Waals surface area contributed by atoms with E-state index in [-0.39, 0.29) is 0 Å². The quantitative estimate of drug-likeness (QED) is 0.426. The van der Waals surface area contributed by atoms with Gasteiger partial charge in [-0.1, -0.05) is 54.6 Å². The number of benzene rings is 3. The molecule has 1 atom stereocenters. The van der Waals surface area contributed by atoms with Crippen LogP contribution < -0.4 is 15.5 Å². The predicted molar refractivity (Wildman–Crippen MR) is 110 cm³/mol. The fraction of sp³-hybridized carbons (Fsp3) is 0.174. The highest BCUT2D eigenvalue weighted by atomic mass is 16.5. The third kappa shape index (κ3) is 4.50. The number of hydrogen-bond donors (Lipinski definition) is 3. The minimum atomic E-state index is -0.565. The molecule has 5 nitrogen and oxygen atoms in total. The van der Waals surface area contributed by atoms with Crippen molar-refractivity contribution in [3.05, 3.63) is 95.1 Å². The number of hydroxylamine groups is 1. The van der Waals surface area contributed by atoms with Crippen molar-refractivity contribution in [3.8, 4) is 5.75 Å². The van der Waals surface area contributed by atoms with Crippen LogP contribution in [0.25, 0.3) is 0 Å². The lowest BCUT2D eigenvalue weighted by Crippen LogP contribution is -2.27. The second-order valence-corrected chi connectivity index (χ2v) is 6.60. The molecule has 0 aliphatic carbocycles. The zero-order valence-electron chi connectivity index (χ0n) is 16.0. The van der Waals surface area contributed by atoms with Gasteiger partial charge in [-0.15, -0.1) is 0 Å². The number of hydrogen-bond acceptors (Lipinski definition) is 4. The Morgan fingerprint density at radius 3 is 2.29 bits per heavy atom. The van der Waals surface area contributed by atoms with Gasteiger partial charge in [0.15, 0.2) is 0 Å². The Kier molecular flexibility index (Phi) is 6.29. The highest BCUT2D eigenvalue weighted by Crippen LogP contribution is 2.26. The summed E-state index contributed by atoms with van der Waals surface area (Å²) in [6, 6.07) is 23.2. The van der Waals surface area contributed by atoms with Gasteiger partial charge in [0, 0.05) is 12.2 Å². The summed E-state index contributed by atoms with van der Waals surface area (Å²) in [4.78, 5) is 12.2. The molecular formula is C23H24N2O3. The van der Waals surface area contributed by atoms with Crippen LogP contribution in [0.2, 0.25) is 0 Å². The summed E-state index contributed by atoms with van der Waals surface area (Å²) in [6.07, 6.45) is 0. The summed E-state index contributed by atoms with van der Waals surface area (Å²) in [7, 11) is 1.67. The van der Waals surface area contributed by atoms with Gasteiger partial charge in [-0.3, -0.25) is 10.0 Å². The Balaban J connectivity index is 1.73. The average Bonchev–Trinajstić information content (AvgIpc) is 2.74. The van der Waals surface area contributed by atoms with Gasteiger partial charge >= 0.3 is 0 Å². The number of amides is 1. The molecule has 0 radical (unpaired) electrons. The maximum Gasteiger partial charge on any atom is 0.255 e. The van der Waals surface area contributed by atoms with Crippen LogP contribution in [0.1, 0.15) is 28.2 Å². The van der Waals surface area contributed by atoms with Crippen LogP contribution in [0.15, 0.2) is 72.8 Å². The summed E-state index contributed by atoms with van der Waals surface area (Å²) in [5.41, 5.74) is 6.61. The second kappa shape index (κ2) is 9.06. The normalized spacial score (nSPS) is 11.5. The highest BCUT2D eigenvalue weighted by Gasteiger charge is 2.22. The van der Waals surface area contributed by atoms with E-state index < -0.39 is 11.8 Å². The minimum Gasteiger partial charge on any atom is -0.496 e. The van der Waals surface area contributed by atoms with Crippen molar-refractivity contribution < 1.29 is 14.7 Å². The van der Waals surface area contributed by atoms with Gasteiger partial charge in [-0.25, -0.2) is 5.48 Å². The number of methoxy groups -OCH3 is 1. The zero-order chi connectivity index (χ0) is 19.9. The van der Waals surface area contributed by atoms with Crippen LogP contribution >= 0.6 is 0 Å².